The van der Waals surface area contributed by atoms with E-state index in [0.29, 0.717) is 6.42 Å². The monoisotopic (exact) mass is 212 g/mol. The van der Waals surface area contributed by atoms with Crippen molar-refractivity contribution in [3.63, 3.8) is 0 Å². The van der Waals surface area contributed by atoms with Crippen LogP contribution in [0.1, 0.15) is 17.7 Å². The Balaban J connectivity index is 2.28. The fourth-order valence-electron chi connectivity index (χ4n) is 1.06. The fourth-order valence-corrected chi connectivity index (χ4v) is 1.06. The number of nitrogens with one attached hydrogen (secondary N) is 1. The molecular weight excluding hydrogens is 200 g/mol. The Hall–Kier alpha value is -1.85. The lowest BCUT2D eigenvalue weighted by atomic mass is 10.1. The second kappa shape index (κ2) is 5.14. The van der Waals surface area contributed by atoms with Crippen LogP contribution < -0.4 is 5.32 Å². The van der Waals surface area contributed by atoms with Gasteiger partial charge in [-0.05, 0) is 13.3 Å². The molecule has 1 heterocycles. The molecule has 0 saturated carbocycles. The number of hydrogen-bond acceptors (Lipinski definition) is 4. The van der Waals surface area contributed by atoms with Gasteiger partial charge in [-0.1, -0.05) is 5.16 Å². The average molecular weight is 212 g/mol. The van der Waals surface area contributed by atoms with Gasteiger partial charge in [-0.2, -0.15) is 0 Å². The van der Waals surface area contributed by atoms with Crippen LogP contribution in [0.3, 0.4) is 0 Å². The summed E-state index contributed by atoms with van der Waals surface area (Å²) in [6.45, 7) is 1.44. The van der Waals surface area contributed by atoms with Crippen molar-refractivity contribution >= 4 is 11.9 Å². The summed E-state index contributed by atoms with van der Waals surface area (Å²) in [5.74, 6) is -1.34. The summed E-state index contributed by atoms with van der Waals surface area (Å²) in [6.07, 6.45) is 2.22. The maximum atomic E-state index is 11.1. The highest BCUT2D eigenvalue weighted by molar-refractivity contribution is 5.81. The molecule has 0 aliphatic rings. The third-order valence-corrected chi connectivity index (χ3v) is 1.91. The van der Waals surface area contributed by atoms with Gasteiger partial charge in [-0.3, -0.25) is 9.59 Å². The minimum atomic E-state index is -1.05. The summed E-state index contributed by atoms with van der Waals surface area (Å²) in [7, 11) is 0. The van der Waals surface area contributed by atoms with E-state index in [1.54, 1.807) is 6.92 Å². The molecule has 6 nitrogen and oxygen atoms in total. The number of carbonyl (C=O) groups excluding carboxylic acids is 1. The lowest BCUT2D eigenvalue weighted by Gasteiger charge is -2.00. The van der Waals surface area contributed by atoms with E-state index >= 15 is 0 Å². The first-order valence-electron chi connectivity index (χ1n) is 4.48. The highest BCUT2D eigenvalue weighted by atomic mass is 16.5. The Bertz CT molecular complexity index is 359. The highest BCUT2D eigenvalue weighted by Gasteiger charge is 2.07. The molecule has 0 aliphatic heterocycles. The number of rotatable bonds is 5. The molecule has 1 amide bonds. The predicted molar refractivity (Wildman–Crippen MR) is 50.2 cm³/mol. The van der Waals surface area contributed by atoms with Crippen LogP contribution in [0.4, 0.5) is 0 Å². The van der Waals surface area contributed by atoms with Crippen LogP contribution in [-0.2, 0) is 16.0 Å². The Morgan fingerprint density at radius 1 is 1.60 bits per heavy atom. The van der Waals surface area contributed by atoms with E-state index in [1.165, 1.54) is 6.26 Å². The molecule has 0 aromatic carbocycles. The minimum absolute atomic E-state index is 0.231. The van der Waals surface area contributed by atoms with Gasteiger partial charge in [0.2, 0.25) is 5.91 Å². The lowest BCUT2D eigenvalue weighted by molar-refractivity contribution is -0.137. The first kappa shape index (κ1) is 11.2. The van der Waals surface area contributed by atoms with Gasteiger partial charge in [0.05, 0.1) is 5.69 Å². The summed E-state index contributed by atoms with van der Waals surface area (Å²) >= 11 is 0. The lowest BCUT2D eigenvalue weighted by Crippen LogP contribution is -2.29. The van der Waals surface area contributed by atoms with Crippen LogP contribution >= 0.6 is 0 Å². The quantitative estimate of drug-likeness (QED) is 0.723. The number of carboxylic acid groups (broad SMARTS) is 1. The Labute approximate surface area is 86.3 Å². The van der Waals surface area contributed by atoms with Crippen LogP contribution in [-0.4, -0.2) is 28.7 Å². The molecule has 2 N–H and O–H groups in total. The highest BCUT2D eigenvalue weighted by Crippen LogP contribution is 2.07. The van der Waals surface area contributed by atoms with Crippen molar-refractivity contribution in [2.45, 2.75) is 19.8 Å². The maximum Gasteiger partial charge on any atom is 0.322 e. The molecule has 6 heteroatoms. The second-order valence-electron chi connectivity index (χ2n) is 3.10. The number of aliphatic carboxylic acids is 1. The van der Waals surface area contributed by atoms with Crippen LogP contribution in [0.5, 0.6) is 0 Å². The number of carbonyl (C=O) groups is 2. The molecule has 1 aromatic rings. The molecule has 1 rings (SSSR count). The third-order valence-electron chi connectivity index (χ3n) is 1.91. The van der Waals surface area contributed by atoms with Crippen molar-refractivity contribution in [1.82, 2.24) is 10.5 Å². The summed E-state index contributed by atoms with van der Waals surface area (Å²) < 4.78 is 4.70. The standard InChI is InChI=1S/C9H12N2O4/c1-6-7(5-15-11-6)2-3-8(12)10-4-9(13)14/h5H,2-4H2,1H3,(H,10,12)(H,13,14). The molecule has 0 spiro atoms. The normalized spacial score (nSPS) is 9.93. The number of amides is 1. The molecule has 0 radical (unpaired) electrons. The molecule has 1 aromatic heterocycles. The van der Waals surface area contributed by atoms with Crippen LogP contribution in [0.2, 0.25) is 0 Å². The van der Waals surface area contributed by atoms with Gasteiger partial charge in [0, 0.05) is 12.0 Å². The number of aromatic nitrogens is 1. The number of carboxylic acids is 1. The third kappa shape index (κ3) is 3.80. The summed E-state index contributed by atoms with van der Waals surface area (Å²) in [6, 6.07) is 0. The number of nitrogens with zero attached hydrogens (tertiary/aromatic N) is 1. The number of hydrogen-bond donors (Lipinski definition) is 2. The molecule has 0 atom stereocenters. The first-order chi connectivity index (χ1) is 7.09. The molecule has 0 saturated heterocycles. The minimum Gasteiger partial charge on any atom is -0.480 e. The molecule has 0 fully saturated rings. The van der Waals surface area contributed by atoms with Crippen LogP contribution in [0.25, 0.3) is 0 Å². The zero-order chi connectivity index (χ0) is 11.3. The first-order valence-corrected chi connectivity index (χ1v) is 4.48. The van der Waals surface area contributed by atoms with Gasteiger partial charge in [-0.25, -0.2) is 0 Å². The summed E-state index contributed by atoms with van der Waals surface area (Å²) in [5.41, 5.74) is 1.61. The van der Waals surface area contributed by atoms with E-state index < -0.39 is 5.97 Å². The fraction of sp³-hybridized carbons (Fsp3) is 0.444. The topological polar surface area (TPSA) is 92.4 Å². The average Bonchev–Trinajstić information content (AvgIpc) is 2.58. The van der Waals surface area contributed by atoms with E-state index in [0.717, 1.165) is 11.3 Å². The number of aryl methyl sites for hydroxylation is 2. The van der Waals surface area contributed by atoms with E-state index in [2.05, 4.69) is 10.5 Å². The Morgan fingerprint density at radius 2 is 2.33 bits per heavy atom. The van der Waals surface area contributed by atoms with Crippen molar-refractivity contribution in [1.29, 1.82) is 0 Å². The van der Waals surface area contributed by atoms with Crippen molar-refractivity contribution in [3.8, 4) is 0 Å². The zero-order valence-electron chi connectivity index (χ0n) is 8.32. The molecule has 0 unspecified atom stereocenters. The van der Waals surface area contributed by atoms with Crippen LogP contribution in [0.15, 0.2) is 10.8 Å². The van der Waals surface area contributed by atoms with Gasteiger partial charge >= 0.3 is 5.97 Å². The van der Waals surface area contributed by atoms with Gasteiger partial charge in [0.25, 0.3) is 0 Å². The smallest absolute Gasteiger partial charge is 0.322 e. The van der Waals surface area contributed by atoms with Crippen molar-refractivity contribution < 1.29 is 19.2 Å². The van der Waals surface area contributed by atoms with E-state index in [-0.39, 0.29) is 18.9 Å². The van der Waals surface area contributed by atoms with Gasteiger partial charge in [0.1, 0.15) is 12.8 Å². The molecule has 82 valence electrons. The van der Waals surface area contributed by atoms with E-state index in [4.69, 9.17) is 9.63 Å². The Kier molecular flexibility index (Phi) is 3.84. The van der Waals surface area contributed by atoms with E-state index in [9.17, 15) is 9.59 Å². The summed E-state index contributed by atoms with van der Waals surface area (Å²) in [4.78, 5) is 21.3. The van der Waals surface area contributed by atoms with Gasteiger partial charge < -0.3 is 14.9 Å². The second-order valence-corrected chi connectivity index (χ2v) is 3.10. The van der Waals surface area contributed by atoms with E-state index in [1.807, 2.05) is 0 Å². The Morgan fingerprint density at radius 3 is 2.87 bits per heavy atom. The van der Waals surface area contributed by atoms with Crippen LogP contribution in [0, 0.1) is 6.92 Å². The van der Waals surface area contributed by atoms with Gasteiger partial charge in [-0.15, -0.1) is 0 Å². The molecular formula is C9H12N2O4. The van der Waals surface area contributed by atoms with Gasteiger partial charge in [0.15, 0.2) is 0 Å². The van der Waals surface area contributed by atoms with Crippen molar-refractivity contribution in [2.24, 2.45) is 0 Å². The maximum absolute atomic E-state index is 11.1. The summed E-state index contributed by atoms with van der Waals surface area (Å²) in [5, 5.41) is 14.3. The SMILES string of the molecule is Cc1nocc1CCC(=O)NCC(=O)O. The van der Waals surface area contributed by atoms with Crippen molar-refractivity contribution in [2.75, 3.05) is 6.54 Å². The molecule has 15 heavy (non-hydrogen) atoms. The zero-order valence-corrected chi connectivity index (χ0v) is 8.32. The molecule has 0 aliphatic carbocycles. The molecule has 0 bridgehead atoms. The van der Waals surface area contributed by atoms with Crippen molar-refractivity contribution in [3.05, 3.63) is 17.5 Å². The largest absolute Gasteiger partial charge is 0.480 e. The predicted octanol–water partition coefficient (Wildman–Crippen LogP) is 0.116.